The Bertz CT molecular complexity index is 830. The van der Waals surface area contributed by atoms with Gasteiger partial charge >= 0.3 is 0 Å². The van der Waals surface area contributed by atoms with Crippen molar-refractivity contribution in [3.8, 4) is 11.5 Å². The van der Waals surface area contributed by atoms with Crippen molar-refractivity contribution in [1.29, 1.82) is 0 Å². The first-order valence-corrected chi connectivity index (χ1v) is 11.2. The van der Waals surface area contributed by atoms with Crippen molar-refractivity contribution in [3.05, 3.63) is 56.5 Å². The Hall–Kier alpha value is -1.21. The number of halogens is 3. The van der Waals surface area contributed by atoms with E-state index in [2.05, 4.69) is 10.2 Å². The molecule has 1 fully saturated rings. The van der Waals surface area contributed by atoms with Crippen LogP contribution >= 0.6 is 34.8 Å². The van der Waals surface area contributed by atoms with Gasteiger partial charge in [-0.15, -0.1) is 0 Å². The van der Waals surface area contributed by atoms with Gasteiger partial charge in [0.25, 0.3) is 0 Å². The topological polar surface area (TPSA) is 43.0 Å². The lowest BCUT2D eigenvalue weighted by molar-refractivity contribution is 0.0384. The molecule has 0 saturated carbocycles. The van der Waals surface area contributed by atoms with Crippen LogP contribution in [0.15, 0.2) is 30.3 Å². The van der Waals surface area contributed by atoms with E-state index in [1.807, 2.05) is 25.1 Å². The molecule has 1 aliphatic heterocycles. The predicted octanol–water partition coefficient (Wildman–Crippen LogP) is 5.05. The van der Waals surface area contributed by atoms with E-state index in [0.717, 1.165) is 50.5 Å². The van der Waals surface area contributed by atoms with Crippen molar-refractivity contribution >= 4 is 34.8 Å². The molecule has 0 atom stereocenters. The average Bonchev–Trinajstić information content (AvgIpc) is 2.73. The van der Waals surface area contributed by atoms with Crippen molar-refractivity contribution in [1.82, 2.24) is 10.2 Å². The smallest absolute Gasteiger partial charge is 0.180 e. The third kappa shape index (κ3) is 6.91. The quantitative estimate of drug-likeness (QED) is 0.489. The number of rotatable bonds is 10. The second-order valence-electron chi connectivity index (χ2n) is 6.99. The van der Waals surface area contributed by atoms with Gasteiger partial charge < -0.3 is 19.5 Å². The van der Waals surface area contributed by atoms with Crippen LogP contribution in [0.3, 0.4) is 0 Å². The highest BCUT2D eigenvalue weighted by atomic mass is 35.5. The molecule has 1 saturated heterocycles. The van der Waals surface area contributed by atoms with Gasteiger partial charge in [-0.1, -0.05) is 40.9 Å². The third-order valence-corrected chi connectivity index (χ3v) is 5.66. The lowest BCUT2D eigenvalue weighted by atomic mass is 10.2. The largest absolute Gasteiger partial charge is 0.490 e. The summed E-state index contributed by atoms with van der Waals surface area (Å²) in [5, 5.41) is 5.12. The first kappa shape index (κ1) is 23.5. The lowest BCUT2D eigenvalue weighted by Gasteiger charge is -2.26. The van der Waals surface area contributed by atoms with Crippen LogP contribution in [0, 0.1) is 0 Å². The van der Waals surface area contributed by atoms with E-state index in [1.165, 1.54) is 0 Å². The molecule has 1 aliphatic rings. The number of hydrogen-bond donors (Lipinski definition) is 1. The minimum absolute atomic E-state index is 0.271. The van der Waals surface area contributed by atoms with Crippen LogP contribution in [0.25, 0.3) is 0 Å². The van der Waals surface area contributed by atoms with Crippen LogP contribution in [0.1, 0.15) is 18.1 Å². The van der Waals surface area contributed by atoms with E-state index in [4.69, 9.17) is 49.0 Å². The zero-order valence-corrected chi connectivity index (χ0v) is 19.3. The highest BCUT2D eigenvalue weighted by Crippen LogP contribution is 2.37. The molecule has 3 rings (SSSR count). The molecule has 30 heavy (non-hydrogen) atoms. The Morgan fingerprint density at radius 2 is 1.83 bits per heavy atom. The van der Waals surface area contributed by atoms with Gasteiger partial charge in [0.05, 0.1) is 24.8 Å². The van der Waals surface area contributed by atoms with Crippen molar-refractivity contribution in [2.45, 2.75) is 20.1 Å². The summed E-state index contributed by atoms with van der Waals surface area (Å²) in [6, 6.07) is 9.19. The molecule has 5 nitrogen and oxygen atoms in total. The zero-order chi connectivity index (χ0) is 21.3. The van der Waals surface area contributed by atoms with Crippen molar-refractivity contribution < 1.29 is 14.2 Å². The summed E-state index contributed by atoms with van der Waals surface area (Å²) in [7, 11) is 0. The molecular weight excluding hydrogens is 447 g/mol. The van der Waals surface area contributed by atoms with Gasteiger partial charge in [0, 0.05) is 48.3 Å². The van der Waals surface area contributed by atoms with Crippen molar-refractivity contribution in [3.63, 3.8) is 0 Å². The molecule has 0 spiro atoms. The summed E-state index contributed by atoms with van der Waals surface area (Å²) in [6.45, 7) is 8.93. The number of hydrogen-bond acceptors (Lipinski definition) is 5. The van der Waals surface area contributed by atoms with Gasteiger partial charge in [-0.25, -0.2) is 0 Å². The fourth-order valence-electron chi connectivity index (χ4n) is 3.21. The highest BCUT2D eigenvalue weighted by molar-refractivity contribution is 6.35. The summed E-state index contributed by atoms with van der Waals surface area (Å²) in [5.74, 6) is 1.14. The third-order valence-electron chi connectivity index (χ3n) is 4.79. The van der Waals surface area contributed by atoms with Gasteiger partial charge in [-0.05, 0) is 36.8 Å². The zero-order valence-electron chi connectivity index (χ0n) is 17.1. The lowest BCUT2D eigenvalue weighted by Crippen LogP contribution is -2.40. The number of benzene rings is 2. The maximum absolute atomic E-state index is 6.53. The van der Waals surface area contributed by atoms with Crippen LogP contribution in [-0.4, -0.2) is 50.9 Å². The van der Waals surface area contributed by atoms with E-state index in [9.17, 15) is 0 Å². The Labute approximate surface area is 193 Å². The van der Waals surface area contributed by atoms with Crippen LogP contribution < -0.4 is 14.8 Å². The van der Waals surface area contributed by atoms with E-state index >= 15 is 0 Å². The molecule has 0 unspecified atom stereocenters. The minimum atomic E-state index is 0.271. The monoisotopic (exact) mass is 472 g/mol. The molecule has 0 bridgehead atoms. The van der Waals surface area contributed by atoms with E-state index in [1.54, 1.807) is 12.1 Å². The van der Waals surface area contributed by atoms with Crippen LogP contribution in [0.2, 0.25) is 15.1 Å². The summed E-state index contributed by atoms with van der Waals surface area (Å²) >= 11 is 18.7. The molecule has 0 radical (unpaired) electrons. The molecule has 164 valence electrons. The molecule has 8 heteroatoms. The van der Waals surface area contributed by atoms with Crippen LogP contribution in [0.5, 0.6) is 11.5 Å². The van der Waals surface area contributed by atoms with E-state index in [0.29, 0.717) is 39.7 Å². The van der Waals surface area contributed by atoms with Crippen molar-refractivity contribution in [2.75, 3.05) is 46.0 Å². The molecule has 0 amide bonds. The maximum Gasteiger partial charge on any atom is 0.180 e. The number of nitrogens with one attached hydrogen (secondary N) is 1. The number of nitrogens with zero attached hydrogens (tertiary/aromatic N) is 1. The minimum Gasteiger partial charge on any atom is -0.490 e. The number of morpholine rings is 1. The summed E-state index contributed by atoms with van der Waals surface area (Å²) < 4.78 is 17.1. The van der Waals surface area contributed by atoms with E-state index in [-0.39, 0.29) is 6.61 Å². The molecule has 1 N–H and O–H groups in total. The number of ether oxygens (including phenoxy) is 3. The first-order valence-electron chi connectivity index (χ1n) is 10.1. The standard InChI is InChI=1S/C22H27Cl3N2O3/c1-2-29-21-12-16(14-26-5-6-27-7-9-28-10-8-27)11-20(25)22(21)30-15-17-3-4-18(23)13-19(17)24/h3-4,11-13,26H,2,5-10,14-15H2,1H3. The molecular formula is C22H27Cl3N2O3. The van der Waals surface area contributed by atoms with Crippen LogP contribution in [0.4, 0.5) is 0 Å². The van der Waals surface area contributed by atoms with Crippen LogP contribution in [-0.2, 0) is 17.9 Å². The molecule has 0 aliphatic carbocycles. The van der Waals surface area contributed by atoms with Gasteiger partial charge in [0.2, 0.25) is 0 Å². The average molecular weight is 474 g/mol. The molecule has 1 heterocycles. The SMILES string of the molecule is CCOc1cc(CNCCN2CCOCC2)cc(Cl)c1OCc1ccc(Cl)cc1Cl. The molecule has 0 aromatic heterocycles. The second-order valence-corrected chi connectivity index (χ2v) is 8.24. The second kappa shape index (κ2) is 12.0. The maximum atomic E-state index is 6.53. The van der Waals surface area contributed by atoms with Gasteiger partial charge in [0.15, 0.2) is 11.5 Å². The first-order chi connectivity index (χ1) is 14.6. The normalized spacial score (nSPS) is 14.7. The molecule has 2 aromatic carbocycles. The van der Waals surface area contributed by atoms with E-state index < -0.39 is 0 Å². The fraction of sp³-hybridized carbons (Fsp3) is 0.455. The Balaban J connectivity index is 1.59. The summed E-state index contributed by atoms with van der Waals surface area (Å²) in [4.78, 5) is 2.40. The highest BCUT2D eigenvalue weighted by Gasteiger charge is 2.14. The van der Waals surface area contributed by atoms with Crippen molar-refractivity contribution in [2.24, 2.45) is 0 Å². The summed E-state index contributed by atoms with van der Waals surface area (Å²) in [6.07, 6.45) is 0. The Kier molecular flexibility index (Phi) is 9.37. The Morgan fingerprint density at radius 1 is 1.03 bits per heavy atom. The van der Waals surface area contributed by atoms with Gasteiger partial charge in [0.1, 0.15) is 6.61 Å². The predicted molar refractivity (Wildman–Crippen MR) is 122 cm³/mol. The Morgan fingerprint density at radius 3 is 2.57 bits per heavy atom. The fourth-order valence-corrected chi connectivity index (χ4v) is 3.96. The van der Waals surface area contributed by atoms with Gasteiger partial charge in [-0.2, -0.15) is 0 Å². The summed E-state index contributed by atoms with van der Waals surface area (Å²) in [5.41, 5.74) is 1.87. The van der Waals surface area contributed by atoms with Gasteiger partial charge in [-0.3, -0.25) is 4.90 Å². The molecule has 2 aromatic rings.